The first-order chi connectivity index (χ1) is 10.6. The second-order valence-corrected chi connectivity index (χ2v) is 5.89. The maximum absolute atomic E-state index is 12.1. The summed E-state index contributed by atoms with van der Waals surface area (Å²) in [4.78, 5) is 29.3. The third-order valence-electron chi connectivity index (χ3n) is 3.30. The normalized spacial score (nSPS) is 21.5. The molecule has 0 N–H and O–H groups in total. The number of nitrogens with zero attached hydrogens (tertiary/aromatic N) is 2. The summed E-state index contributed by atoms with van der Waals surface area (Å²) in [6.45, 7) is 0.198. The maximum atomic E-state index is 12.1. The van der Waals surface area contributed by atoms with Crippen LogP contribution in [0.4, 0.5) is 5.69 Å². The summed E-state index contributed by atoms with van der Waals surface area (Å²) < 4.78 is 15.1. The topological polar surface area (TPSA) is 77.4 Å². The third kappa shape index (κ3) is 2.74. The monoisotopic (exact) mass is 322 g/mol. The highest BCUT2D eigenvalue weighted by atomic mass is 32.2. The fourth-order valence-electron chi connectivity index (χ4n) is 2.10. The third-order valence-corrected chi connectivity index (χ3v) is 4.53. The Kier molecular flexibility index (Phi) is 3.93. The summed E-state index contributed by atoms with van der Waals surface area (Å²) >= 11 is 1.25. The van der Waals surface area contributed by atoms with Gasteiger partial charge in [-0.2, -0.15) is 0 Å². The van der Waals surface area contributed by atoms with Gasteiger partial charge in [-0.3, -0.25) is 14.5 Å². The average molecular weight is 322 g/mol. The summed E-state index contributed by atoms with van der Waals surface area (Å²) in [5, 5.41) is 0.0444. The number of carbonyl (C=O) groups is 2. The van der Waals surface area contributed by atoms with Crippen LogP contribution in [-0.4, -0.2) is 48.1 Å². The highest BCUT2D eigenvalue weighted by Gasteiger charge is 2.37. The van der Waals surface area contributed by atoms with E-state index in [1.54, 1.807) is 25.2 Å². The van der Waals surface area contributed by atoms with Gasteiger partial charge in [-0.05, 0) is 12.1 Å². The molecule has 8 heteroatoms. The lowest BCUT2D eigenvalue weighted by atomic mass is 10.3. The average Bonchev–Trinajstić information content (AvgIpc) is 3.08. The zero-order chi connectivity index (χ0) is 15.7. The van der Waals surface area contributed by atoms with Crippen LogP contribution in [0.15, 0.2) is 23.2 Å². The fraction of sp³-hybridized carbons (Fsp3) is 0.357. The SMILES string of the molecule is COC(=O)CC1SC(=Nc2ccc3c(c2)OCO3)N(C)C1=O. The number of benzene rings is 1. The van der Waals surface area contributed by atoms with Crippen molar-refractivity contribution in [2.24, 2.45) is 4.99 Å². The van der Waals surface area contributed by atoms with Crippen molar-refractivity contribution in [1.29, 1.82) is 0 Å². The quantitative estimate of drug-likeness (QED) is 0.786. The molecule has 22 heavy (non-hydrogen) atoms. The van der Waals surface area contributed by atoms with Crippen molar-refractivity contribution in [3.8, 4) is 11.5 Å². The van der Waals surface area contributed by atoms with E-state index < -0.39 is 11.2 Å². The van der Waals surface area contributed by atoms with Crippen LogP contribution in [0.3, 0.4) is 0 Å². The summed E-state index contributed by atoms with van der Waals surface area (Å²) in [5.74, 6) is 0.736. The smallest absolute Gasteiger partial charge is 0.307 e. The molecule has 2 aliphatic heterocycles. The molecule has 1 aromatic carbocycles. The van der Waals surface area contributed by atoms with E-state index >= 15 is 0 Å². The van der Waals surface area contributed by atoms with Gasteiger partial charge in [-0.15, -0.1) is 0 Å². The fourth-order valence-corrected chi connectivity index (χ4v) is 3.24. The van der Waals surface area contributed by atoms with Crippen LogP contribution in [0.25, 0.3) is 0 Å². The standard InChI is InChI=1S/C14H14N2O5S/c1-16-13(18)11(6-12(17)19-2)22-14(16)15-8-3-4-9-10(5-8)21-7-20-9/h3-5,11H,6-7H2,1-2H3. The van der Waals surface area contributed by atoms with Gasteiger partial charge in [0.05, 0.1) is 19.2 Å². The number of esters is 1. The Balaban J connectivity index is 1.79. The molecule has 1 amide bonds. The molecule has 0 aliphatic carbocycles. The number of amidine groups is 1. The van der Waals surface area contributed by atoms with Crippen molar-refractivity contribution in [1.82, 2.24) is 4.90 Å². The van der Waals surface area contributed by atoms with Crippen LogP contribution in [0, 0.1) is 0 Å². The zero-order valence-corrected chi connectivity index (χ0v) is 12.9. The first-order valence-electron chi connectivity index (χ1n) is 6.58. The second-order valence-electron chi connectivity index (χ2n) is 4.72. The number of amides is 1. The summed E-state index contributed by atoms with van der Waals surface area (Å²) in [5.41, 5.74) is 0.658. The number of carbonyl (C=O) groups excluding carboxylic acids is 2. The zero-order valence-electron chi connectivity index (χ0n) is 12.1. The Morgan fingerprint density at radius 3 is 3.00 bits per heavy atom. The number of thioether (sulfide) groups is 1. The minimum atomic E-state index is -0.495. The van der Waals surface area contributed by atoms with Crippen LogP contribution in [-0.2, 0) is 14.3 Å². The Labute approximate surface area is 131 Å². The number of rotatable bonds is 3. The highest BCUT2D eigenvalue weighted by molar-refractivity contribution is 8.15. The molecule has 1 fully saturated rings. The van der Waals surface area contributed by atoms with E-state index in [1.165, 1.54) is 23.8 Å². The molecule has 7 nitrogen and oxygen atoms in total. The summed E-state index contributed by atoms with van der Waals surface area (Å²) in [6, 6.07) is 5.31. The predicted octanol–water partition coefficient (Wildman–Crippen LogP) is 1.54. The Hall–Kier alpha value is -2.22. The van der Waals surface area contributed by atoms with E-state index in [9.17, 15) is 9.59 Å². The van der Waals surface area contributed by atoms with Crippen LogP contribution in [0.2, 0.25) is 0 Å². The maximum Gasteiger partial charge on any atom is 0.307 e. The van der Waals surface area contributed by atoms with E-state index in [0.717, 1.165) is 0 Å². The van der Waals surface area contributed by atoms with Gasteiger partial charge in [-0.1, -0.05) is 11.8 Å². The number of ether oxygens (including phenoxy) is 3. The molecule has 0 saturated carbocycles. The molecule has 116 valence electrons. The molecular formula is C14H14N2O5S. The minimum Gasteiger partial charge on any atom is -0.469 e. The number of hydrogen-bond donors (Lipinski definition) is 0. The molecule has 3 rings (SSSR count). The molecule has 0 spiro atoms. The summed E-state index contributed by atoms with van der Waals surface area (Å²) in [6.07, 6.45) is 0.0322. The van der Waals surface area contributed by atoms with Crippen molar-refractivity contribution in [3.63, 3.8) is 0 Å². The lowest BCUT2D eigenvalue weighted by molar-refractivity contribution is -0.142. The molecule has 1 atom stereocenters. The van der Waals surface area contributed by atoms with E-state index in [0.29, 0.717) is 22.4 Å². The van der Waals surface area contributed by atoms with Gasteiger partial charge in [0, 0.05) is 13.1 Å². The van der Waals surface area contributed by atoms with Crippen molar-refractivity contribution in [3.05, 3.63) is 18.2 Å². The Morgan fingerprint density at radius 1 is 1.45 bits per heavy atom. The second kappa shape index (κ2) is 5.88. The van der Waals surface area contributed by atoms with E-state index in [4.69, 9.17) is 9.47 Å². The van der Waals surface area contributed by atoms with Crippen molar-refractivity contribution >= 4 is 34.5 Å². The molecule has 1 saturated heterocycles. The van der Waals surface area contributed by atoms with Crippen LogP contribution in [0.1, 0.15) is 6.42 Å². The van der Waals surface area contributed by atoms with Gasteiger partial charge in [0.1, 0.15) is 5.25 Å². The van der Waals surface area contributed by atoms with E-state index in [-0.39, 0.29) is 19.1 Å². The molecular weight excluding hydrogens is 308 g/mol. The largest absolute Gasteiger partial charge is 0.469 e. The Morgan fingerprint density at radius 2 is 2.23 bits per heavy atom. The predicted molar refractivity (Wildman–Crippen MR) is 80.4 cm³/mol. The number of fused-ring (bicyclic) bond motifs is 1. The van der Waals surface area contributed by atoms with Gasteiger partial charge in [0.2, 0.25) is 12.7 Å². The van der Waals surface area contributed by atoms with Gasteiger partial charge in [0.25, 0.3) is 0 Å². The molecule has 1 unspecified atom stereocenters. The molecule has 0 aromatic heterocycles. The first kappa shape index (κ1) is 14.7. The summed E-state index contributed by atoms with van der Waals surface area (Å²) in [7, 11) is 2.94. The molecule has 1 aromatic rings. The number of aliphatic imine (C=N–C) groups is 1. The lowest BCUT2D eigenvalue weighted by Crippen LogP contribution is -2.29. The van der Waals surface area contributed by atoms with Crippen molar-refractivity contribution in [2.75, 3.05) is 21.0 Å². The van der Waals surface area contributed by atoms with Crippen LogP contribution < -0.4 is 9.47 Å². The van der Waals surface area contributed by atoms with Crippen LogP contribution in [0.5, 0.6) is 11.5 Å². The van der Waals surface area contributed by atoms with Gasteiger partial charge in [0.15, 0.2) is 16.7 Å². The lowest BCUT2D eigenvalue weighted by Gasteiger charge is -2.08. The molecule has 0 bridgehead atoms. The van der Waals surface area contributed by atoms with Crippen LogP contribution >= 0.6 is 11.8 Å². The Bertz CT molecular complexity index is 661. The van der Waals surface area contributed by atoms with E-state index in [1.807, 2.05) is 0 Å². The van der Waals surface area contributed by atoms with Gasteiger partial charge >= 0.3 is 5.97 Å². The minimum absolute atomic E-state index is 0.0322. The highest BCUT2D eigenvalue weighted by Crippen LogP contribution is 2.37. The molecule has 2 aliphatic rings. The molecule has 2 heterocycles. The van der Waals surface area contributed by atoms with Crippen molar-refractivity contribution in [2.45, 2.75) is 11.7 Å². The first-order valence-corrected chi connectivity index (χ1v) is 7.46. The van der Waals surface area contributed by atoms with Crippen molar-refractivity contribution < 1.29 is 23.8 Å². The molecule has 0 radical (unpaired) electrons. The van der Waals surface area contributed by atoms with E-state index in [2.05, 4.69) is 9.73 Å². The van der Waals surface area contributed by atoms with Gasteiger partial charge in [-0.25, -0.2) is 4.99 Å². The number of hydrogen-bond acceptors (Lipinski definition) is 7. The van der Waals surface area contributed by atoms with Gasteiger partial charge < -0.3 is 14.2 Å². The number of methoxy groups -OCH3 is 1.